The Morgan fingerprint density at radius 3 is 2.26 bits per heavy atom. The highest BCUT2D eigenvalue weighted by Crippen LogP contribution is 2.53. The third-order valence-electron chi connectivity index (χ3n) is 3.30. The summed E-state index contributed by atoms with van der Waals surface area (Å²) in [4.78, 5) is 0. The number of alkyl halides is 3. The molecule has 0 spiro atoms. The largest absolute Gasteiger partial charge is 0.573 e. The summed E-state index contributed by atoms with van der Waals surface area (Å²) in [6.45, 7) is 4.30. The number of halogens is 4. The van der Waals surface area contributed by atoms with Gasteiger partial charge in [-0.05, 0) is 47.6 Å². The lowest BCUT2D eigenvalue weighted by atomic mass is 10.1. The molecule has 1 saturated carbocycles. The van der Waals surface area contributed by atoms with Crippen LogP contribution >= 0.6 is 11.6 Å². The molecular weight excluding hydrogens is 277 g/mol. The summed E-state index contributed by atoms with van der Waals surface area (Å²) in [5.41, 5.74) is 0.971. The van der Waals surface area contributed by atoms with E-state index in [0.717, 1.165) is 6.42 Å². The number of rotatable bonds is 3. The lowest BCUT2D eigenvalue weighted by Crippen LogP contribution is -2.16. The zero-order valence-electron chi connectivity index (χ0n) is 10.6. The van der Waals surface area contributed by atoms with Crippen LogP contribution in [0.2, 0.25) is 0 Å². The second kappa shape index (κ2) is 4.75. The van der Waals surface area contributed by atoms with E-state index in [0.29, 0.717) is 16.5 Å². The molecule has 0 N–H and O–H groups in total. The van der Waals surface area contributed by atoms with Crippen LogP contribution in [0.15, 0.2) is 30.3 Å². The third-order valence-corrected chi connectivity index (χ3v) is 3.65. The van der Waals surface area contributed by atoms with Crippen molar-refractivity contribution in [3.05, 3.63) is 35.9 Å². The highest BCUT2D eigenvalue weighted by atomic mass is 35.5. The second-order valence-corrected chi connectivity index (χ2v) is 5.79. The van der Waals surface area contributed by atoms with Crippen LogP contribution in [0, 0.1) is 11.3 Å². The van der Waals surface area contributed by atoms with Crippen molar-refractivity contribution >= 4 is 16.6 Å². The molecule has 1 atom stereocenters. The van der Waals surface area contributed by atoms with Crippen LogP contribution in [0.3, 0.4) is 0 Å². The predicted octanol–water partition coefficient (Wildman–Crippen LogP) is 5.21. The Morgan fingerprint density at radius 2 is 1.84 bits per heavy atom. The summed E-state index contributed by atoms with van der Waals surface area (Å²) in [6.07, 6.45) is -1.63. The standard InChI is InChI=1S/C14H14ClF3O/c1-13(2)8-10(13)7-12(15)9-3-5-11(6-4-9)19-14(16,17)18/h3-7,10H,8H2,1-2H3. The molecule has 0 heterocycles. The fourth-order valence-corrected chi connectivity index (χ4v) is 2.16. The van der Waals surface area contributed by atoms with E-state index in [2.05, 4.69) is 18.6 Å². The first-order valence-electron chi connectivity index (χ1n) is 5.91. The highest BCUT2D eigenvalue weighted by Gasteiger charge is 2.43. The van der Waals surface area contributed by atoms with Gasteiger partial charge in [-0.1, -0.05) is 31.5 Å². The molecule has 0 radical (unpaired) electrons. The van der Waals surface area contributed by atoms with Gasteiger partial charge in [0.25, 0.3) is 0 Å². The van der Waals surface area contributed by atoms with Crippen molar-refractivity contribution in [2.45, 2.75) is 26.6 Å². The molecule has 1 aromatic rings. The van der Waals surface area contributed by atoms with E-state index in [9.17, 15) is 13.2 Å². The maximum absolute atomic E-state index is 12.0. The van der Waals surface area contributed by atoms with Crippen LogP contribution in [0.1, 0.15) is 25.8 Å². The van der Waals surface area contributed by atoms with Gasteiger partial charge in [0, 0.05) is 5.03 Å². The van der Waals surface area contributed by atoms with Crippen molar-refractivity contribution < 1.29 is 17.9 Å². The normalized spacial score (nSPS) is 22.2. The number of hydrogen-bond acceptors (Lipinski definition) is 1. The number of benzene rings is 1. The Hall–Kier alpha value is -1.16. The number of allylic oxidation sites excluding steroid dienone is 1. The SMILES string of the molecule is CC1(C)CC1C=C(Cl)c1ccc(OC(F)(F)F)cc1. The summed E-state index contributed by atoms with van der Waals surface area (Å²) < 4.78 is 39.8. The maximum Gasteiger partial charge on any atom is 0.573 e. The Balaban J connectivity index is 2.06. The summed E-state index contributed by atoms with van der Waals surface area (Å²) in [5, 5.41) is 0.564. The topological polar surface area (TPSA) is 9.23 Å². The van der Waals surface area contributed by atoms with Gasteiger partial charge in [0.2, 0.25) is 0 Å². The van der Waals surface area contributed by atoms with Gasteiger partial charge in [-0.3, -0.25) is 0 Å². The van der Waals surface area contributed by atoms with E-state index < -0.39 is 6.36 Å². The second-order valence-electron chi connectivity index (χ2n) is 5.39. The monoisotopic (exact) mass is 290 g/mol. The van der Waals surface area contributed by atoms with Crippen molar-refractivity contribution in [3.63, 3.8) is 0 Å². The van der Waals surface area contributed by atoms with Gasteiger partial charge >= 0.3 is 6.36 Å². The molecule has 1 unspecified atom stereocenters. The van der Waals surface area contributed by atoms with Crippen molar-refractivity contribution in [1.82, 2.24) is 0 Å². The van der Waals surface area contributed by atoms with Crippen LogP contribution < -0.4 is 4.74 Å². The molecule has 0 saturated heterocycles. The van der Waals surface area contributed by atoms with Crippen molar-refractivity contribution in [3.8, 4) is 5.75 Å². The van der Waals surface area contributed by atoms with Crippen LogP contribution in [0.4, 0.5) is 13.2 Å². The van der Waals surface area contributed by atoms with Gasteiger partial charge in [-0.25, -0.2) is 0 Å². The third kappa shape index (κ3) is 3.90. The molecular formula is C14H14ClF3O. The summed E-state index contributed by atoms with van der Waals surface area (Å²) in [7, 11) is 0. The fraction of sp³-hybridized carbons (Fsp3) is 0.429. The van der Waals surface area contributed by atoms with Gasteiger partial charge in [0.15, 0.2) is 0 Å². The number of hydrogen-bond donors (Lipinski definition) is 0. The lowest BCUT2D eigenvalue weighted by molar-refractivity contribution is -0.274. The smallest absolute Gasteiger partial charge is 0.406 e. The summed E-state index contributed by atoms with van der Waals surface area (Å²) in [6, 6.07) is 5.57. The lowest BCUT2D eigenvalue weighted by Gasteiger charge is -2.09. The molecule has 0 aliphatic heterocycles. The Morgan fingerprint density at radius 1 is 1.32 bits per heavy atom. The molecule has 104 valence electrons. The average Bonchev–Trinajstić information content (AvgIpc) is 2.84. The zero-order valence-corrected chi connectivity index (χ0v) is 11.3. The maximum atomic E-state index is 12.0. The average molecular weight is 291 g/mol. The van der Waals surface area contributed by atoms with E-state index in [1.807, 2.05) is 6.08 Å². The van der Waals surface area contributed by atoms with Gasteiger partial charge in [-0.15, -0.1) is 13.2 Å². The van der Waals surface area contributed by atoms with Crippen LogP contribution in [0.25, 0.3) is 5.03 Å². The predicted molar refractivity (Wildman–Crippen MR) is 68.8 cm³/mol. The first-order valence-corrected chi connectivity index (χ1v) is 6.29. The van der Waals surface area contributed by atoms with E-state index in [-0.39, 0.29) is 11.2 Å². The summed E-state index contributed by atoms with van der Waals surface area (Å²) in [5.74, 6) is 0.193. The molecule has 19 heavy (non-hydrogen) atoms. The van der Waals surface area contributed by atoms with Crippen LogP contribution in [-0.2, 0) is 0 Å². The van der Waals surface area contributed by atoms with E-state index >= 15 is 0 Å². The first-order chi connectivity index (χ1) is 8.67. The first kappa shape index (κ1) is 14.3. The van der Waals surface area contributed by atoms with E-state index in [1.54, 1.807) is 0 Å². The number of ether oxygens (including phenoxy) is 1. The van der Waals surface area contributed by atoms with E-state index in [4.69, 9.17) is 11.6 Å². The minimum absolute atomic E-state index is 0.243. The quantitative estimate of drug-likeness (QED) is 0.742. The molecule has 2 rings (SSSR count). The molecule has 1 aromatic carbocycles. The van der Waals surface area contributed by atoms with Gasteiger partial charge < -0.3 is 4.74 Å². The molecule has 0 aromatic heterocycles. The van der Waals surface area contributed by atoms with Crippen LogP contribution in [0.5, 0.6) is 5.75 Å². The molecule has 0 bridgehead atoms. The van der Waals surface area contributed by atoms with Crippen LogP contribution in [-0.4, -0.2) is 6.36 Å². The molecule has 0 amide bonds. The minimum atomic E-state index is -4.67. The Kier molecular flexibility index (Phi) is 3.56. The molecule has 1 aliphatic carbocycles. The van der Waals surface area contributed by atoms with Crippen molar-refractivity contribution in [1.29, 1.82) is 0 Å². The van der Waals surface area contributed by atoms with Gasteiger partial charge in [0.05, 0.1) is 0 Å². The Bertz CT molecular complexity index is 488. The molecule has 1 aliphatic rings. The van der Waals surface area contributed by atoms with E-state index in [1.165, 1.54) is 24.3 Å². The van der Waals surface area contributed by atoms with Gasteiger partial charge in [0.1, 0.15) is 5.75 Å². The zero-order chi connectivity index (χ0) is 14.3. The Labute approximate surface area is 115 Å². The summed E-state index contributed by atoms with van der Waals surface area (Å²) >= 11 is 6.15. The highest BCUT2D eigenvalue weighted by molar-refractivity contribution is 6.48. The fourth-order valence-electron chi connectivity index (χ4n) is 1.88. The molecule has 5 heteroatoms. The van der Waals surface area contributed by atoms with Gasteiger partial charge in [-0.2, -0.15) is 0 Å². The molecule has 1 fully saturated rings. The van der Waals surface area contributed by atoms with Crippen molar-refractivity contribution in [2.75, 3.05) is 0 Å². The minimum Gasteiger partial charge on any atom is -0.406 e. The molecule has 1 nitrogen and oxygen atoms in total. The van der Waals surface area contributed by atoms with Crippen molar-refractivity contribution in [2.24, 2.45) is 11.3 Å².